The third-order valence-corrected chi connectivity index (χ3v) is 5.13. The van der Waals surface area contributed by atoms with Crippen molar-refractivity contribution in [2.24, 2.45) is 4.99 Å². The Morgan fingerprint density at radius 2 is 1.96 bits per heavy atom. The van der Waals surface area contributed by atoms with E-state index in [9.17, 15) is 0 Å². The maximum absolute atomic E-state index is 6.47. The first-order chi connectivity index (χ1) is 13.7. The summed E-state index contributed by atoms with van der Waals surface area (Å²) in [5.41, 5.74) is 3.53. The van der Waals surface area contributed by atoms with E-state index in [0.29, 0.717) is 23.1 Å². The Morgan fingerprint density at radius 3 is 2.79 bits per heavy atom. The zero-order chi connectivity index (χ0) is 19.5. The van der Waals surface area contributed by atoms with E-state index in [1.54, 1.807) is 0 Å². The predicted molar refractivity (Wildman–Crippen MR) is 114 cm³/mol. The van der Waals surface area contributed by atoms with Gasteiger partial charge in [-0.25, -0.2) is 0 Å². The van der Waals surface area contributed by atoms with Crippen molar-refractivity contribution in [3.05, 3.63) is 87.9 Å². The molecule has 1 aromatic heterocycles. The lowest BCUT2D eigenvalue weighted by molar-refractivity contribution is 0.653. The van der Waals surface area contributed by atoms with Crippen LogP contribution in [0.3, 0.4) is 0 Å². The smallest absolute Gasteiger partial charge is 0.159 e. The fourth-order valence-electron chi connectivity index (χ4n) is 3.26. The van der Waals surface area contributed by atoms with Crippen LogP contribution in [0.1, 0.15) is 29.2 Å². The molecule has 2 heterocycles. The second-order valence-electron chi connectivity index (χ2n) is 6.43. The molecule has 4 rings (SSSR count). The first-order valence-corrected chi connectivity index (χ1v) is 9.79. The minimum absolute atomic E-state index is 0.409. The van der Waals surface area contributed by atoms with E-state index in [-0.39, 0.29) is 0 Å². The Bertz CT molecular complexity index is 1050. The number of fused-ring (bicyclic) bond motifs is 3. The molecule has 0 saturated carbocycles. The van der Waals surface area contributed by atoms with Crippen LogP contribution in [-0.4, -0.2) is 27.0 Å². The van der Waals surface area contributed by atoms with Gasteiger partial charge in [0.25, 0.3) is 0 Å². The van der Waals surface area contributed by atoms with Crippen LogP contribution in [0.2, 0.25) is 10.0 Å². The Labute approximate surface area is 173 Å². The number of benzene rings is 2. The molecule has 0 saturated heterocycles. The van der Waals surface area contributed by atoms with Gasteiger partial charge in [-0.3, -0.25) is 9.56 Å². The highest BCUT2D eigenvalue weighted by molar-refractivity contribution is 6.36. The molecule has 1 aliphatic heterocycles. The van der Waals surface area contributed by atoms with Gasteiger partial charge >= 0.3 is 0 Å². The average Bonchev–Trinajstić information content (AvgIpc) is 3.02. The molecule has 0 aliphatic carbocycles. The summed E-state index contributed by atoms with van der Waals surface area (Å²) in [7, 11) is 0. The number of aromatic nitrogens is 3. The molecule has 1 aliphatic rings. The Hall–Kier alpha value is -2.47. The molecule has 28 heavy (non-hydrogen) atoms. The lowest BCUT2D eigenvalue weighted by atomic mass is 10.0. The van der Waals surface area contributed by atoms with Gasteiger partial charge in [0.2, 0.25) is 0 Å². The molecule has 0 bridgehead atoms. The molecule has 0 atom stereocenters. The SMILES string of the molecule is C=CCCNCc1nnc2n1-c1ccc(Cl)cc1C(c1ccccc1Cl)=NC2. The molecule has 5 nitrogen and oxygen atoms in total. The number of nitrogens with zero attached hydrogens (tertiary/aromatic N) is 4. The van der Waals surface area contributed by atoms with Crippen molar-refractivity contribution < 1.29 is 0 Å². The number of hydrogen-bond donors (Lipinski definition) is 1. The second-order valence-corrected chi connectivity index (χ2v) is 7.27. The Balaban J connectivity index is 1.81. The highest BCUT2D eigenvalue weighted by Crippen LogP contribution is 2.30. The topological polar surface area (TPSA) is 55.1 Å². The van der Waals surface area contributed by atoms with Gasteiger partial charge in [0.15, 0.2) is 11.6 Å². The summed E-state index contributed by atoms with van der Waals surface area (Å²) >= 11 is 12.8. The van der Waals surface area contributed by atoms with Crippen molar-refractivity contribution in [2.75, 3.05) is 6.54 Å². The van der Waals surface area contributed by atoms with Crippen molar-refractivity contribution in [1.29, 1.82) is 0 Å². The number of halogens is 2. The van der Waals surface area contributed by atoms with Crippen LogP contribution in [0.5, 0.6) is 0 Å². The van der Waals surface area contributed by atoms with E-state index >= 15 is 0 Å². The van der Waals surface area contributed by atoms with Crippen LogP contribution >= 0.6 is 23.2 Å². The first kappa shape index (κ1) is 18.9. The number of hydrogen-bond acceptors (Lipinski definition) is 4. The summed E-state index contributed by atoms with van der Waals surface area (Å²) in [6, 6.07) is 13.5. The van der Waals surface area contributed by atoms with Gasteiger partial charge in [0, 0.05) is 21.2 Å². The average molecular weight is 412 g/mol. The fraction of sp³-hybridized carbons (Fsp3) is 0.190. The van der Waals surface area contributed by atoms with Crippen molar-refractivity contribution in [2.45, 2.75) is 19.5 Å². The lowest BCUT2D eigenvalue weighted by Crippen LogP contribution is -2.18. The summed E-state index contributed by atoms with van der Waals surface area (Å²) in [4.78, 5) is 4.82. The van der Waals surface area contributed by atoms with Crippen molar-refractivity contribution in [3.63, 3.8) is 0 Å². The molecule has 3 aromatic rings. The Kier molecular flexibility index (Phi) is 5.57. The molecule has 0 radical (unpaired) electrons. The van der Waals surface area contributed by atoms with E-state index in [2.05, 4.69) is 26.7 Å². The van der Waals surface area contributed by atoms with Crippen LogP contribution in [0.4, 0.5) is 0 Å². The first-order valence-electron chi connectivity index (χ1n) is 9.03. The molecule has 142 valence electrons. The van der Waals surface area contributed by atoms with E-state index in [1.807, 2.05) is 48.5 Å². The van der Waals surface area contributed by atoms with Gasteiger partial charge in [-0.15, -0.1) is 16.8 Å². The molecule has 2 aromatic carbocycles. The van der Waals surface area contributed by atoms with Gasteiger partial charge in [0.05, 0.1) is 17.9 Å². The zero-order valence-electron chi connectivity index (χ0n) is 15.2. The minimum Gasteiger partial charge on any atom is -0.310 e. The molecular weight excluding hydrogens is 393 g/mol. The maximum Gasteiger partial charge on any atom is 0.159 e. The van der Waals surface area contributed by atoms with Crippen LogP contribution in [0, 0.1) is 0 Å². The maximum atomic E-state index is 6.47. The fourth-order valence-corrected chi connectivity index (χ4v) is 3.66. The summed E-state index contributed by atoms with van der Waals surface area (Å²) in [5.74, 6) is 1.62. The highest BCUT2D eigenvalue weighted by atomic mass is 35.5. The Morgan fingerprint density at radius 1 is 1.11 bits per heavy atom. The van der Waals surface area contributed by atoms with Crippen LogP contribution < -0.4 is 5.32 Å². The number of nitrogens with one attached hydrogen (secondary N) is 1. The summed E-state index contributed by atoms with van der Waals surface area (Å²) in [6.07, 6.45) is 2.78. The summed E-state index contributed by atoms with van der Waals surface area (Å²) in [6.45, 7) is 5.59. The van der Waals surface area contributed by atoms with Gasteiger partial charge in [-0.1, -0.05) is 47.5 Å². The van der Waals surface area contributed by atoms with Gasteiger partial charge in [-0.2, -0.15) is 0 Å². The van der Waals surface area contributed by atoms with Gasteiger partial charge in [-0.05, 0) is 37.2 Å². The molecule has 1 N–H and O–H groups in total. The monoisotopic (exact) mass is 411 g/mol. The largest absolute Gasteiger partial charge is 0.310 e. The predicted octanol–water partition coefficient (Wildman–Crippen LogP) is 4.59. The summed E-state index contributed by atoms with van der Waals surface area (Å²) in [5, 5.41) is 13.4. The molecule has 0 spiro atoms. The third-order valence-electron chi connectivity index (χ3n) is 4.57. The molecule has 7 heteroatoms. The molecule has 0 fully saturated rings. The summed E-state index contributed by atoms with van der Waals surface area (Å²) < 4.78 is 2.06. The van der Waals surface area contributed by atoms with E-state index in [4.69, 9.17) is 28.2 Å². The molecule has 0 amide bonds. The van der Waals surface area contributed by atoms with E-state index in [1.165, 1.54) is 0 Å². The van der Waals surface area contributed by atoms with Crippen LogP contribution in [0.15, 0.2) is 60.1 Å². The second kappa shape index (κ2) is 8.27. The van der Waals surface area contributed by atoms with E-state index in [0.717, 1.165) is 47.1 Å². The van der Waals surface area contributed by atoms with Gasteiger partial charge < -0.3 is 5.32 Å². The normalized spacial score (nSPS) is 12.7. The standard InChI is InChI=1S/C21H19Cl2N5/c1-2-3-10-24-12-19-26-27-20-13-25-21(15-6-4-5-7-17(15)23)16-11-14(22)8-9-18(16)28(19)20/h2,4-9,11,24H,1,3,10,12-13H2. The highest BCUT2D eigenvalue weighted by Gasteiger charge is 2.23. The van der Waals surface area contributed by atoms with Crippen LogP contribution in [-0.2, 0) is 13.1 Å². The molecular formula is C21H19Cl2N5. The lowest BCUT2D eigenvalue weighted by Gasteiger charge is -2.15. The minimum atomic E-state index is 0.409. The van der Waals surface area contributed by atoms with Crippen molar-refractivity contribution in [1.82, 2.24) is 20.1 Å². The van der Waals surface area contributed by atoms with Crippen molar-refractivity contribution >= 4 is 28.9 Å². The van der Waals surface area contributed by atoms with Gasteiger partial charge in [0.1, 0.15) is 6.54 Å². The number of rotatable bonds is 6. The molecule has 0 unspecified atom stereocenters. The quantitative estimate of drug-likeness (QED) is 0.476. The van der Waals surface area contributed by atoms with Crippen LogP contribution in [0.25, 0.3) is 5.69 Å². The third kappa shape index (κ3) is 3.61. The van der Waals surface area contributed by atoms with Crippen molar-refractivity contribution in [3.8, 4) is 5.69 Å². The van der Waals surface area contributed by atoms with E-state index < -0.39 is 0 Å². The zero-order valence-corrected chi connectivity index (χ0v) is 16.7. The number of aliphatic imine (C=N–C) groups is 1.